The van der Waals surface area contributed by atoms with Gasteiger partial charge in [0.15, 0.2) is 17.7 Å². The summed E-state index contributed by atoms with van der Waals surface area (Å²) in [7, 11) is 5.04. The molecule has 0 bridgehead atoms. The smallest absolute Gasteiger partial charge is 0.410 e. The summed E-state index contributed by atoms with van der Waals surface area (Å²) in [5.41, 5.74) is 1.80. The molecule has 5 rings (SSSR count). The van der Waals surface area contributed by atoms with Gasteiger partial charge in [0.2, 0.25) is 0 Å². The van der Waals surface area contributed by atoms with Gasteiger partial charge in [0.1, 0.15) is 23.7 Å². The Morgan fingerprint density at radius 3 is 2.34 bits per heavy atom. The van der Waals surface area contributed by atoms with Crippen molar-refractivity contribution in [1.82, 2.24) is 24.8 Å². The predicted octanol–water partition coefficient (Wildman–Crippen LogP) is 5.24. The number of aliphatic hydroxyl groups excluding tert-OH is 1. The van der Waals surface area contributed by atoms with Crippen LogP contribution in [-0.2, 0) is 44.6 Å². The molecular weight excluding hydrogens is 792 g/mol. The molecule has 0 radical (unpaired) electrons. The highest BCUT2D eigenvalue weighted by Crippen LogP contribution is 2.44. The Kier molecular flexibility index (Phi) is 15.9. The number of benzene rings is 1. The quantitative estimate of drug-likeness (QED) is 0.129. The van der Waals surface area contributed by atoms with Crippen LogP contribution in [0.1, 0.15) is 94.9 Å². The number of aryl methyl sites for hydroxylation is 1. The summed E-state index contributed by atoms with van der Waals surface area (Å²) >= 11 is 0. The molecule has 1 aromatic heterocycles. The number of carbonyl (C=O) groups excluding carboxylic acids is 4. The molecule has 3 aliphatic heterocycles. The van der Waals surface area contributed by atoms with E-state index in [2.05, 4.69) is 10.3 Å². The standard InChI is InChI=1S/C43H65FN6O10.CH4/c1-12-32-43(8)35(50(40(55)60-43)19-14-13-18-49-23-30(46-47-49)28-16-15-17-29(45)21-28)26(4)33(51)24(2)22-41(6,56-11)37(27(5)36(53)42(7,44)39(54)58-32)59-38-34(52)31(48(9)10)20-25(3)57-38;/h15-17,21,23-27,31-32,34-35,37-38,52H,12-14,18-20,22,45H2,1-11H3;1H4/t24-,25-,26+,27+,31+,32-,34-,35-,37-,38+,41+,42+,43-;/m1./s1. The number of nitrogen functional groups attached to an aromatic ring is 1. The molecule has 0 unspecified atom stereocenters. The Morgan fingerprint density at radius 2 is 1.72 bits per heavy atom. The number of carbonyl (C=O) groups is 4. The van der Waals surface area contributed by atoms with Crippen LogP contribution in [0.25, 0.3) is 11.3 Å². The Labute approximate surface area is 359 Å². The predicted molar refractivity (Wildman–Crippen MR) is 226 cm³/mol. The van der Waals surface area contributed by atoms with Gasteiger partial charge in [-0.05, 0) is 86.0 Å². The molecule has 3 N–H and O–H groups in total. The van der Waals surface area contributed by atoms with Crippen molar-refractivity contribution in [2.24, 2.45) is 17.8 Å². The number of esters is 1. The van der Waals surface area contributed by atoms with E-state index in [1.165, 1.54) is 18.9 Å². The van der Waals surface area contributed by atoms with Crippen LogP contribution < -0.4 is 5.73 Å². The van der Waals surface area contributed by atoms with Crippen molar-refractivity contribution in [3.8, 4) is 11.3 Å². The SMILES string of the molecule is C.CC[C@H]1OC(=O)[C@@](C)(F)C(=O)[C@H](C)[C@@H](O[C@@H]2O[C@H](C)C[C@H](N(C)C)[C@H]2O)[C@@](C)(OC)C[C@@H](C)C(=O)[C@H](C)[C@H]2N(CCCCn3cc(-c4cccc(N)c4)nn3)C(=O)O[C@]12C. The number of rotatable bonds is 11. The first-order valence-corrected chi connectivity index (χ1v) is 21.0. The monoisotopic (exact) mass is 861 g/mol. The van der Waals surface area contributed by atoms with Crippen LogP contribution in [0.5, 0.6) is 0 Å². The van der Waals surface area contributed by atoms with Gasteiger partial charge in [-0.15, -0.1) is 5.10 Å². The van der Waals surface area contributed by atoms with Crippen molar-refractivity contribution in [3.05, 3.63) is 30.5 Å². The molecule has 342 valence electrons. The maximum atomic E-state index is 16.9. The molecular formula is C44H69FN6O10. The Morgan fingerprint density at radius 1 is 1.05 bits per heavy atom. The number of amides is 1. The van der Waals surface area contributed by atoms with Crippen molar-refractivity contribution in [2.75, 3.05) is 33.5 Å². The zero-order valence-corrected chi connectivity index (χ0v) is 36.9. The molecule has 2 aromatic rings. The van der Waals surface area contributed by atoms with Gasteiger partial charge in [0, 0.05) is 55.2 Å². The molecule has 3 saturated heterocycles. The third-order valence-corrected chi connectivity index (χ3v) is 12.9. The summed E-state index contributed by atoms with van der Waals surface area (Å²) in [5, 5.41) is 19.9. The van der Waals surface area contributed by atoms with Crippen molar-refractivity contribution < 1.29 is 52.4 Å². The highest BCUT2D eigenvalue weighted by Gasteiger charge is 2.61. The number of fused-ring (bicyclic) bond motifs is 1. The largest absolute Gasteiger partial charge is 0.455 e. The number of aromatic nitrogens is 3. The van der Waals surface area contributed by atoms with Gasteiger partial charge in [-0.3, -0.25) is 14.3 Å². The number of Topliss-reactive ketones (excluding diaryl/α,β-unsaturated/α-hetero) is 2. The Balaban J connectivity index is 0.00000819. The molecule has 3 aliphatic rings. The maximum absolute atomic E-state index is 16.9. The zero-order chi connectivity index (χ0) is 44.5. The van der Waals surface area contributed by atoms with Crippen molar-refractivity contribution in [1.29, 1.82) is 0 Å². The van der Waals surface area contributed by atoms with E-state index < -0.39 is 83.1 Å². The minimum atomic E-state index is -3.19. The molecule has 17 heteroatoms. The number of cyclic esters (lactones) is 1. The van der Waals surface area contributed by atoms with Gasteiger partial charge in [0.25, 0.3) is 5.67 Å². The fraction of sp³-hybridized carbons (Fsp3) is 0.727. The summed E-state index contributed by atoms with van der Waals surface area (Å²) in [5.74, 6) is -5.85. The minimum Gasteiger partial charge on any atom is -0.455 e. The van der Waals surface area contributed by atoms with E-state index in [4.69, 9.17) is 29.4 Å². The first-order chi connectivity index (χ1) is 28.1. The minimum absolute atomic E-state index is 0. The summed E-state index contributed by atoms with van der Waals surface area (Å²) in [6, 6.07) is 6.02. The van der Waals surface area contributed by atoms with E-state index in [1.54, 1.807) is 45.4 Å². The van der Waals surface area contributed by atoms with Crippen molar-refractivity contribution in [3.63, 3.8) is 0 Å². The summed E-state index contributed by atoms with van der Waals surface area (Å²) in [6.45, 7) is 13.1. The first-order valence-electron chi connectivity index (χ1n) is 21.0. The number of ketones is 2. The van der Waals surface area contributed by atoms with Gasteiger partial charge < -0.3 is 44.3 Å². The van der Waals surface area contributed by atoms with Gasteiger partial charge in [-0.1, -0.05) is 52.5 Å². The molecule has 16 nitrogen and oxygen atoms in total. The fourth-order valence-corrected chi connectivity index (χ4v) is 9.51. The lowest BCUT2D eigenvalue weighted by Gasteiger charge is -2.47. The van der Waals surface area contributed by atoms with E-state index in [0.717, 1.165) is 12.5 Å². The van der Waals surface area contributed by atoms with E-state index in [9.17, 15) is 24.3 Å². The molecule has 1 aromatic carbocycles. The number of halogens is 1. The van der Waals surface area contributed by atoms with Crippen LogP contribution in [0, 0.1) is 17.8 Å². The summed E-state index contributed by atoms with van der Waals surface area (Å²) < 4.78 is 49.2. The van der Waals surface area contributed by atoms with E-state index in [-0.39, 0.29) is 44.7 Å². The number of likely N-dealkylation sites (N-methyl/N-ethyl adjacent to an activating group) is 1. The average Bonchev–Trinajstić information content (AvgIpc) is 3.78. The Hall–Kier alpha value is -4.03. The number of unbranched alkanes of at least 4 members (excludes halogenated alkanes) is 1. The molecule has 13 atom stereocenters. The molecule has 0 saturated carbocycles. The topological polar surface area (TPSA) is 198 Å². The number of alkyl halides is 1. The molecule has 61 heavy (non-hydrogen) atoms. The van der Waals surface area contributed by atoms with Crippen molar-refractivity contribution >= 4 is 29.3 Å². The summed E-state index contributed by atoms with van der Waals surface area (Å²) in [6.07, 6.45) is -2.57. The lowest BCUT2D eigenvalue weighted by molar-refractivity contribution is -0.295. The number of anilines is 1. The van der Waals surface area contributed by atoms with Gasteiger partial charge in [-0.2, -0.15) is 0 Å². The highest BCUT2D eigenvalue weighted by molar-refractivity contribution is 6.08. The number of hydrogen-bond acceptors (Lipinski definition) is 14. The number of nitrogens with zero attached hydrogens (tertiary/aromatic N) is 5. The maximum Gasteiger partial charge on any atom is 0.410 e. The van der Waals surface area contributed by atoms with E-state index in [1.807, 2.05) is 50.3 Å². The molecule has 1 amide bonds. The number of ether oxygens (including phenoxy) is 5. The highest BCUT2D eigenvalue weighted by atomic mass is 19.1. The van der Waals surface area contributed by atoms with Crippen LogP contribution in [0.2, 0.25) is 0 Å². The number of hydrogen-bond donors (Lipinski definition) is 2. The fourth-order valence-electron chi connectivity index (χ4n) is 9.51. The molecule has 4 heterocycles. The normalized spacial score (nSPS) is 36.5. The van der Waals surface area contributed by atoms with Gasteiger partial charge in [-0.25, -0.2) is 14.0 Å². The second-order valence-corrected chi connectivity index (χ2v) is 17.8. The second-order valence-electron chi connectivity index (χ2n) is 17.8. The third-order valence-electron chi connectivity index (χ3n) is 12.9. The number of methoxy groups -OCH3 is 1. The van der Waals surface area contributed by atoms with Gasteiger partial charge in [0.05, 0.1) is 30.0 Å². The van der Waals surface area contributed by atoms with Gasteiger partial charge >= 0.3 is 12.1 Å². The van der Waals surface area contributed by atoms with E-state index in [0.29, 0.717) is 37.2 Å². The van der Waals surface area contributed by atoms with E-state index >= 15 is 4.39 Å². The molecule has 0 aliphatic carbocycles. The van der Waals surface area contributed by atoms with Crippen LogP contribution in [0.3, 0.4) is 0 Å². The van der Waals surface area contributed by atoms with Crippen LogP contribution in [-0.4, -0.2) is 141 Å². The van der Waals surface area contributed by atoms with Crippen molar-refractivity contribution in [2.45, 2.75) is 161 Å². The molecule has 3 fully saturated rings. The number of aliphatic hydroxyl groups is 1. The second kappa shape index (κ2) is 19.6. The Bertz CT molecular complexity index is 1860. The lowest BCUT2D eigenvalue weighted by Crippen LogP contribution is -2.61. The zero-order valence-electron chi connectivity index (χ0n) is 36.9. The van der Waals surface area contributed by atoms with Crippen LogP contribution in [0.4, 0.5) is 14.9 Å². The summed E-state index contributed by atoms with van der Waals surface area (Å²) in [4.78, 5) is 60.1. The third kappa shape index (κ3) is 10.1. The molecule has 0 spiro atoms. The van der Waals surface area contributed by atoms with Crippen LogP contribution >= 0.6 is 0 Å². The number of nitrogens with two attached hydrogens (primary N) is 1. The average molecular weight is 861 g/mol. The lowest BCUT2D eigenvalue weighted by atomic mass is 9.73. The first kappa shape index (κ1) is 49.6. The van der Waals surface area contributed by atoms with Crippen LogP contribution in [0.15, 0.2) is 30.5 Å².